The summed E-state index contributed by atoms with van der Waals surface area (Å²) in [6, 6.07) is 4.52. The highest BCUT2D eigenvalue weighted by Gasteiger charge is 2.18. The molecule has 100 valence electrons. The zero-order valence-corrected chi connectivity index (χ0v) is 12.1. The van der Waals surface area contributed by atoms with Crippen molar-refractivity contribution < 1.29 is 9.18 Å². The molecule has 1 aliphatic rings. The molecule has 1 fully saturated rings. The molecule has 0 radical (unpaired) electrons. The van der Waals surface area contributed by atoms with E-state index in [0.29, 0.717) is 4.47 Å². The maximum absolute atomic E-state index is 13.5. The summed E-state index contributed by atoms with van der Waals surface area (Å²) >= 11 is 3.23. The predicted molar refractivity (Wildman–Crippen MR) is 74.7 cm³/mol. The SMILES string of the molecule is Cl.O=C(NC1CCNCC1)c1cc(Br)ccc1F. The van der Waals surface area contributed by atoms with Gasteiger partial charge in [0, 0.05) is 10.5 Å². The number of benzene rings is 1. The van der Waals surface area contributed by atoms with Crippen molar-refractivity contribution in [3.8, 4) is 0 Å². The Morgan fingerprint density at radius 2 is 2.06 bits per heavy atom. The van der Waals surface area contributed by atoms with Crippen LogP contribution < -0.4 is 10.6 Å². The van der Waals surface area contributed by atoms with Gasteiger partial charge in [-0.2, -0.15) is 0 Å². The van der Waals surface area contributed by atoms with Gasteiger partial charge in [0.25, 0.3) is 5.91 Å². The lowest BCUT2D eigenvalue weighted by atomic mass is 10.1. The molecule has 1 amide bonds. The third-order valence-electron chi connectivity index (χ3n) is 2.85. The summed E-state index contributed by atoms with van der Waals surface area (Å²) in [5, 5.41) is 6.08. The Hall–Kier alpha value is -0.650. The van der Waals surface area contributed by atoms with Crippen molar-refractivity contribution in [2.75, 3.05) is 13.1 Å². The van der Waals surface area contributed by atoms with E-state index in [2.05, 4.69) is 26.6 Å². The number of nitrogens with one attached hydrogen (secondary N) is 2. The standard InChI is InChI=1S/C12H14BrFN2O.ClH/c13-8-1-2-11(14)10(7-8)12(17)16-9-3-5-15-6-4-9;/h1-2,7,9,15H,3-6H2,(H,16,17);1H. The van der Waals surface area contributed by atoms with Crippen LogP contribution in [0.25, 0.3) is 0 Å². The summed E-state index contributed by atoms with van der Waals surface area (Å²) in [7, 11) is 0. The molecular formula is C12H15BrClFN2O. The average molecular weight is 338 g/mol. The summed E-state index contributed by atoms with van der Waals surface area (Å²) < 4.78 is 14.2. The van der Waals surface area contributed by atoms with Crippen molar-refractivity contribution in [2.45, 2.75) is 18.9 Å². The Labute approximate surface area is 120 Å². The minimum absolute atomic E-state index is 0. The summed E-state index contributed by atoms with van der Waals surface area (Å²) in [6.07, 6.45) is 1.78. The van der Waals surface area contributed by atoms with Crippen LogP contribution >= 0.6 is 28.3 Å². The van der Waals surface area contributed by atoms with Crippen molar-refractivity contribution in [3.63, 3.8) is 0 Å². The van der Waals surface area contributed by atoms with E-state index in [1.54, 1.807) is 6.07 Å². The van der Waals surface area contributed by atoms with Gasteiger partial charge in [0.1, 0.15) is 5.82 Å². The first-order valence-electron chi connectivity index (χ1n) is 5.63. The maximum atomic E-state index is 13.5. The van der Waals surface area contributed by atoms with Crippen LogP contribution in [-0.2, 0) is 0 Å². The Morgan fingerprint density at radius 1 is 1.39 bits per heavy atom. The molecule has 0 spiro atoms. The van der Waals surface area contributed by atoms with E-state index in [9.17, 15) is 9.18 Å². The molecule has 18 heavy (non-hydrogen) atoms. The fourth-order valence-corrected chi connectivity index (χ4v) is 2.26. The molecule has 0 atom stereocenters. The molecule has 2 N–H and O–H groups in total. The Kier molecular flexibility index (Phi) is 6.05. The minimum atomic E-state index is -0.486. The van der Waals surface area contributed by atoms with E-state index >= 15 is 0 Å². The fraction of sp³-hybridized carbons (Fsp3) is 0.417. The lowest BCUT2D eigenvalue weighted by molar-refractivity contribution is 0.0925. The number of halogens is 3. The molecule has 0 aliphatic carbocycles. The van der Waals surface area contributed by atoms with Crippen LogP contribution in [0.4, 0.5) is 4.39 Å². The van der Waals surface area contributed by atoms with Crippen molar-refractivity contribution >= 4 is 34.2 Å². The molecule has 1 heterocycles. The second-order valence-electron chi connectivity index (χ2n) is 4.12. The first kappa shape index (κ1) is 15.4. The molecule has 0 aromatic heterocycles. The quantitative estimate of drug-likeness (QED) is 0.870. The number of hydrogen-bond donors (Lipinski definition) is 2. The van der Waals surface area contributed by atoms with Crippen LogP contribution in [0.1, 0.15) is 23.2 Å². The van der Waals surface area contributed by atoms with Gasteiger partial charge in [0.15, 0.2) is 0 Å². The highest BCUT2D eigenvalue weighted by Crippen LogP contribution is 2.16. The van der Waals surface area contributed by atoms with E-state index in [1.165, 1.54) is 12.1 Å². The van der Waals surface area contributed by atoms with E-state index in [-0.39, 0.29) is 29.9 Å². The third kappa shape index (κ3) is 3.93. The van der Waals surface area contributed by atoms with Crippen molar-refractivity contribution in [3.05, 3.63) is 34.1 Å². The fourth-order valence-electron chi connectivity index (χ4n) is 1.90. The number of carbonyl (C=O) groups excluding carboxylic acids is 1. The van der Waals surface area contributed by atoms with Crippen molar-refractivity contribution in [1.29, 1.82) is 0 Å². The van der Waals surface area contributed by atoms with Crippen LogP contribution in [0.5, 0.6) is 0 Å². The topological polar surface area (TPSA) is 41.1 Å². The minimum Gasteiger partial charge on any atom is -0.349 e. The van der Waals surface area contributed by atoms with Crippen LogP contribution in [0.2, 0.25) is 0 Å². The van der Waals surface area contributed by atoms with Gasteiger partial charge in [-0.05, 0) is 44.1 Å². The molecule has 1 saturated heterocycles. The molecule has 6 heteroatoms. The zero-order chi connectivity index (χ0) is 12.3. The molecule has 3 nitrogen and oxygen atoms in total. The molecule has 1 aromatic rings. The van der Waals surface area contributed by atoms with Gasteiger partial charge in [-0.15, -0.1) is 12.4 Å². The monoisotopic (exact) mass is 336 g/mol. The van der Waals surface area contributed by atoms with Crippen LogP contribution in [0.3, 0.4) is 0 Å². The second-order valence-corrected chi connectivity index (χ2v) is 5.04. The van der Waals surface area contributed by atoms with Gasteiger partial charge >= 0.3 is 0 Å². The third-order valence-corrected chi connectivity index (χ3v) is 3.34. The molecule has 0 saturated carbocycles. The Bertz CT molecular complexity index is 425. The lowest BCUT2D eigenvalue weighted by Gasteiger charge is -2.23. The van der Waals surface area contributed by atoms with E-state index in [4.69, 9.17) is 0 Å². The van der Waals surface area contributed by atoms with Crippen LogP contribution in [0, 0.1) is 5.82 Å². The van der Waals surface area contributed by atoms with Gasteiger partial charge in [-0.1, -0.05) is 15.9 Å². The number of carbonyl (C=O) groups is 1. The van der Waals surface area contributed by atoms with Gasteiger partial charge in [0.2, 0.25) is 0 Å². The molecular weight excluding hydrogens is 323 g/mol. The number of rotatable bonds is 2. The Balaban J connectivity index is 0.00000162. The average Bonchev–Trinajstić information content (AvgIpc) is 2.33. The molecule has 0 unspecified atom stereocenters. The molecule has 2 rings (SSSR count). The van der Waals surface area contributed by atoms with Gasteiger partial charge < -0.3 is 10.6 Å². The molecule has 1 aromatic carbocycles. The first-order chi connectivity index (χ1) is 8.16. The van der Waals surface area contributed by atoms with Gasteiger partial charge in [-0.25, -0.2) is 4.39 Å². The van der Waals surface area contributed by atoms with E-state index in [1.807, 2.05) is 0 Å². The molecule has 1 aliphatic heterocycles. The predicted octanol–water partition coefficient (Wildman–Crippen LogP) is 2.49. The van der Waals surface area contributed by atoms with Gasteiger partial charge in [-0.3, -0.25) is 4.79 Å². The lowest BCUT2D eigenvalue weighted by Crippen LogP contribution is -2.42. The molecule has 0 bridgehead atoms. The Morgan fingerprint density at radius 3 is 2.72 bits per heavy atom. The first-order valence-corrected chi connectivity index (χ1v) is 6.43. The number of hydrogen-bond acceptors (Lipinski definition) is 2. The van der Waals surface area contributed by atoms with Gasteiger partial charge in [0.05, 0.1) is 5.56 Å². The largest absolute Gasteiger partial charge is 0.349 e. The van der Waals surface area contributed by atoms with Crippen LogP contribution in [0.15, 0.2) is 22.7 Å². The highest BCUT2D eigenvalue weighted by atomic mass is 79.9. The maximum Gasteiger partial charge on any atom is 0.254 e. The number of piperidine rings is 1. The zero-order valence-electron chi connectivity index (χ0n) is 9.71. The van der Waals surface area contributed by atoms with Crippen LogP contribution in [-0.4, -0.2) is 25.0 Å². The van der Waals surface area contributed by atoms with E-state index in [0.717, 1.165) is 25.9 Å². The van der Waals surface area contributed by atoms with Crippen molar-refractivity contribution in [1.82, 2.24) is 10.6 Å². The summed E-state index contributed by atoms with van der Waals surface area (Å²) in [6.45, 7) is 1.79. The van der Waals surface area contributed by atoms with Crippen molar-refractivity contribution in [2.24, 2.45) is 0 Å². The second kappa shape index (κ2) is 7.07. The normalized spacial score (nSPS) is 15.9. The summed E-state index contributed by atoms with van der Waals surface area (Å²) in [5.41, 5.74) is 0.0953. The summed E-state index contributed by atoms with van der Waals surface area (Å²) in [5.74, 6) is -0.824. The summed E-state index contributed by atoms with van der Waals surface area (Å²) in [4.78, 5) is 11.9. The highest BCUT2D eigenvalue weighted by molar-refractivity contribution is 9.10. The van der Waals surface area contributed by atoms with E-state index < -0.39 is 5.82 Å². The smallest absolute Gasteiger partial charge is 0.254 e. The number of amides is 1.